The van der Waals surface area contributed by atoms with Gasteiger partial charge in [-0.05, 0) is 48.7 Å². The molecule has 1 aliphatic heterocycles. The van der Waals surface area contributed by atoms with Gasteiger partial charge in [0.05, 0.1) is 9.35 Å². The monoisotopic (exact) mass is 287 g/mol. The fraction of sp³-hybridized carbons (Fsp3) is 0.545. The Labute approximate surface area is 102 Å². The first kappa shape index (κ1) is 11.1. The van der Waals surface area contributed by atoms with Gasteiger partial charge in [0, 0.05) is 17.5 Å². The average Bonchev–Trinajstić information content (AvgIpc) is 2.70. The van der Waals surface area contributed by atoms with Crippen LogP contribution >= 0.6 is 27.3 Å². The molecule has 1 aromatic rings. The van der Waals surface area contributed by atoms with Crippen molar-refractivity contribution < 1.29 is 4.79 Å². The summed E-state index contributed by atoms with van der Waals surface area (Å²) in [6.45, 7) is 5.16. The Morgan fingerprint density at radius 3 is 2.80 bits per heavy atom. The summed E-state index contributed by atoms with van der Waals surface area (Å²) in [4.78, 5) is 14.2. The van der Waals surface area contributed by atoms with Gasteiger partial charge in [-0.1, -0.05) is 0 Å². The van der Waals surface area contributed by atoms with Crippen molar-refractivity contribution in [2.24, 2.45) is 0 Å². The zero-order chi connectivity index (χ0) is 11.1. The van der Waals surface area contributed by atoms with Crippen molar-refractivity contribution in [2.45, 2.75) is 32.2 Å². The first-order valence-electron chi connectivity index (χ1n) is 5.07. The maximum Gasteiger partial charge on any atom is 0.255 e. The molecule has 2 heterocycles. The fourth-order valence-electron chi connectivity index (χ4n) is 2.06. The molecule has 1 fully saturated rings. The second-order valence-corrected chi connectivity index (χ2v) is 6.80. The summed E-state index contributed by atoms with van der Waals surface area (Å²) in [5.74, 6) is 0.166. The molecule has 1 amide bonds. The van der Waals surface area contributed by atoms with Crippen molar-refractivity contribution in [1.29, 1.82) is 0 Å². The molecule has 0 N–H and O–H groups in total. The van der Waals surface area contributed by atoms with Gasteiger partial charge in [0.15, 0.2) is 0 Å². The van der Waals surface area contributed by atoms with Gasteiger partial charge in [0.25, 0.3) is 5.91 Å². The molecular weight excluding hydrogens is 274 g/mol. The van der Waals surface area contributed by atoms with Crippen LogP contribution in [0.15, 0.2) is 15.2 Å². The third kappa shape index (κ3) is 2.11. The predicted molar refractivity (Wildman–Crippen MR) is 66.4 cm³/mol. The number of hydrogen-bond acceptors (Lipinski definition) is 2. The molecule has 4 heteroatoms. The molecule has 0 spiro atoms. The van der Waals surface area contributed by atoms with E-state index in [1.54, 1.807) is 11.3 Å². The molecule has 0 aliphatic carbocycles. The number of amides is 1. The number of rotatable bonds is 1. The molecule has 0 radical (unpaired) electrons. The van der Waals surface area contributed by atoms with E-state index in [1.807, 2.05) is 16.3 Å². The van der Waals surface area contributed by atoms with E-state index < -0.39 is 0 Å². The zero-order valence-electron chi connectivity index (χ0n) is 8.92. The lowest BCUT2D eigenvalue weighted by Crippen LogP contribution is -2.42. The summed E-state index contributed by atoms with van der Waals surface area (Å²) >= 11 is 4.95. The lowest BCUT2D eigenvalue weighted by atomic mass is 10.0. The van der Waals surface area contributed by atoms with Crippen molar-refractivity contribution in [3.8, 4) is 0 Å². The summed E-state index contributed by atoms with van der Waals surface area (Å²) in [6, 6.07) is 1.90. The van der Waals surface area contributed by atoms with Gasteiger partial charge in [-0.25, -0.2) is 0 Å². The van der Waals surface area contributed by atoms with E-state index in [0.717, 1.165) is 28.7 Å². The van der Waals surface area contributed by atoms with Gasteiger partial charge in [-0.3, -0.25) is 4.79 Å². The van der Waals surface area contributed by atoms with E-state index in [-0.39, 0.29) is 11.4 Å². The summed E-state index contributed by atoms with van der Waals surface area (Å²) < 4.78 is 1.02. The van der Waals surface area contributed by atoms with Crippen molar-refractivity contribution in [3.63, 3.8) is 0 Å². The molecule has 0 unspecified atom stereocenters. The Balaban J connectivity index is 2.21. The third-order valence-electron chi connectivity index (χ3n) is 2.96. The molecule has 15 heavy (non-hydrogen) atoms. The molecular formula is C11H14BrNOS. The van der Waals surface area contributed by atoms with Crippen LogP contribution in [-0.2, 0) is 0 Å². The van der Waals surface area contributed by atoms with Crippen LogP contribution in [-0.4, -0.2) is 22.9 Å². The summed E-state index contributed by atoms with van der Waals surface area (Å²) in [7, 11) is 0. The topological polar surface area (TPSA) is 20.3 Å². The van der Waals surface area contributed by atoms with Crippen LogP contribution in [0.2, 0.25) is 0 Å². The quantitative estimate of drug-likeness (QED) is 0.774. The highest BCUT2D eigenvalue weighted by Crippen LogP contribution is 2.31. The number of carbonyl (C=O) groups excluding carboxylic acids is 1. The largest absolute Gasteiger partial charge is 0.334 e. The second kappa shape index (κ2) is 3.91. The van der Waals surface area contributed by atoms with Crippen LogP contribution in [0.5, 0.6) is 0 Å². The van der Waals surface area contributed by atoms with E-state index in [9.17, 15) is 4.79 Å². The first-order chi connectivity index (χ1) is 7.00. The minimum Gasteiger partial charge on any atom is -0.334 e. The lowest BCUT2D eigenvalue weighted by molar-refractivity contribution is 0.0652. The van der Waals surface area contributed by atoms with Gasteiger partial charge >= 0.3 is 0 Å². The highest BCUT2D eigenvalue weighted by Gasteiger charge is 2.35. The number of thiophene rings is 1. The van der Waals surface area contributed by atoms with E-state index in [4.69, 9.17) is 0 Å². The minimum atomic E-state index is 0.0193. The first-order valence-corrected chi connectivity index (χ1v) is 6.74. The van der Waals surface area contributed by atoms with Crippen molar-refractivity contribution >= 4 is 33.2 Å². The van der Waals surface area contributed by atoms with Gasteiger partial charge in [0.1, 0.15) is 0 Å². The summed E-state index contributed by atoms with van der Waals surface area (Å²) in [5, 5.41) is 1.92. The number of halogens is 1. The molecule has 1 saturated heterocycles. The van der Waals surface area contributed by atoms with Crippen LogP contribution in [0.1, 0.15) is 37.0 Å². The molecule has 2 rings (SSSR count). The van der Waals surface area contributed by atoms with E-state index in [0.29, 0.717) is 0 Å². The summed E-state index contributed by atoms with van der Waals surface area (Å²) in [5.41, 5.74) is 0.827. The second-order valence-electron chi connectivity index (χ2n) is 4.51. The average molecular weight is 288 g/mol. The smallest absolute Gasteiger partial charge is 0.255 e. The Morgan fingerprint density at radius 1 is 1.60 bits per heavy atom. The number of likely N-dealkylation sites (tertiary alicyclic amines) is 1. The zero-order valence-corrected chi connectivity index (χ0v) is 11.3. The fourth-order valence-corrected chi connectivity index (χ4v) is 3.19. The highest BCUT2D eigenvalue weighted by molar-refractivity contribution is 9.11. The highest BCUT2D eigenvalue weighted by atomic mass is 79.9. The normalized spacial score (nSPS) is 19.5. The molecule has 2 nitrogen and oxygen atoms in total. The number of nitrogens with zero attached hydrogens (tertiary/aromatic N) is 1. The van der Waals surface area contributed by atoms with Gasteiger partial charge in [-0.15, -0.1) is 11.3 Å². The van der Waals surface area contributed by atoms with Crippen LogP contribution in [0, 0.1) is 0 Å². The standard InChI is InChI=1S/C11H14BrNOS/c1-11(2)4-3-5-13(11)10(14)8-6-9(12)15-7-8/h6-7H,3-5H2,1-2H3. The van der Waals surface area contributed by atoms with Crippen LogP contribution in [0.3, 0.4) is 0 Å². The van der Waals surface area contributed by atoms with Gasteiger partial charge < -0.3 is 4.90 Å². The SMILES string of the molecule is CC1(C)CCCN1C(=O)c1csc(Br)c1. The van der Waals surface area contributed by atoms with E-state index >= 15 is 0 Å². The van der Waals surface area contributed by atoms with E-state index in [2.05, 4.69) is 29.8 Å². The summed E-state index contributed by atoms with van der Waals surface area (Å²) in [6.07, 6.45) is 2.22. The van der Waals surface area contributed by atoms with Crippen LogP contribution in [0.4, 0.5) is 0 Å². The van der Waals surface area contributed by atoms with Crippen molar-refractivity contribution in [3.05, 3.63) is 20.8 Å². The number of carbonyl (C=O) groups is 1. The number of hydrogen-bond donors (Lipinski definition) is 0. The molecule has 0 bridgehead atoms. The van der Waals surface area contributed by atoms with E-state index in [1.165, 1.54) is 0 Å². The minimum absolute atomic E-state index is 0.0193. The molecule has 1 aromatic heterocycles. The maximum absolute atomic E-state index is 12.2. The van der Waals surface area contributed by atoms with Gasteiger partial charge in [0.2, 0.25) is 0 Å². The lowest BCUT2D eigenvalue weighted by Gasteiger charge is -2.31. The van der Waals surface area contributed by atoms with Crippen molar-refractivity contribution in [1.82, 2.24) is 4.90 Å². The Bertz CT molecular complexity index is 386. The van der Waals surface area contributed by atoms with Gasteiger partial charge in [-0.2, -0.15) is 0 Å². The van der Waals surface area contributed by atoms with Crippen molar-refractivity contribution in [2.75, 3.05) is 6.54 Å². The molecule has 0 saturated carbocycles. The van der Waals surface area contributed by atoms with Crippen LogP contribution < -0.4 is 0 Å². The predicted octanol–water partition coefficient (Wildman–Crippen LogP) is 3.53. The third-order valence-corrected chi connectivity index (χ3v) is 4.47. The molecule has 0 aromatic carbocycles. The maximum atomic E-state index is 12.2. The molecule has 0 atom stereocenters. The Hall–Kier alpha value is -0.350. The Morgan fingerprint density at radius 2 is 2.33 bits per heavy atom. The van der Waals surface area contributed by atoms with Crippen LogP contribution in [0.25, 0.3) is 0 Å². The molecule has 1 aliphatic rings. The molecule has 82 valence electrons. The Kier molecular flexibility index (Phi) is 2.90.